The molecule has 244 valence electrons. The molecule has 0 amide bonds. The molecule has 7 rings (SSSR count). The van der Waals surface area contributed by atoms with Crippen LogP contribution in [0.4, 0.5) is 4.39 Å². The maximum atomic E-state index is 14.8. The van der Waals surface area contributed by atoms with E-state index in [9.17, 15) is 14.3 Å². The van der Waals surface area contributed by atoms with Crippen LogP contribution in [0.2, 0.25) is 0 Å². The molecule has 0 radical (unpaired) electrons. The second-order valence-electron chi connectivity index (χ2n) is 17.9. The van der Waals surface area contributed by atoms with Gasteiger partial charge in [-0.25, -0.2) is 4.39 Å². The van der Waals surface area contributed by atoms with Gasteiger partial charge in [0.1, 0.15) is 5.82 Å². The molecule has 0 heterocycles. The fraction of sp³-hybridized carbons (Fsp3) is 0.690. The summed E-state index contributed by atoms with van der Waals surface area (Å²) in [6, 6.07) is 13.7. The zero-order valence-electron chi connectivity index (χ0n) is 28.8. The summed E-state index contributed by atoms with van der Waals surface area (Å²) < 4.78 is 14.8. The summed E-state index contributed by atoms with van der Waals surface area (Å²) in [7, 11) is 0. The Kier molecular flexibility index (Phi) is 7.74. The Morgan fingerprint density at radius 2 is 1.58 bits per heavy atom. The third kappa shape index (κ3) is 4.91. The van der Waals surface area contributed by atoms with E-state index in [1.54, 1.807) is 19.1 Å². The number of hydrogen-bond donors (Lipinski definition) is 1. The first-order chi connectivity index (χ1) is 21.3. The highest BCUT2D eigenvalue weighted by molar-refractivity contribution is 5.94. The Hall–Kier alpha value is -2.00. The lowest BCUT2D eigenvalue weighted by Gasteiger charge is -2.69. The van der Waals surface area contributed by atoms with Gasteiger partial charge in [0.05, 0.1) is 6.10 Å². The van der Waals surface area contributed by atoms with Crippen LogP contribution in [0.25, 0.3) is 0 Å². The quantitative estimate of drug-likeness (QED) is 0.341. The number of aliphatic hydroxyl groups is 1. The van der Waals surface area contributed by atoms with Gasteiger partial charge in [0, 0.05) is 12.0 Å². The van der Waals surface area contributed by atoms with E-state index >= 15 is 0 Å². The van der Waals surface area contributed by atoms with E-state index in [0.717, 1.165) is 48.0 Å². The molecular weight excluding hydrogens is 555 g/mol. The lowest BCUT2D eigenvalue weighted by atomic mass is 9.36. The van der Waals surface area contributed by atoms with Crippen molar-refractivity contribution in [2.75, 3.05) is 0 Å². The number of fused-ring (bicyclic) bond motifs is 7. The molecule has 0 spiro atoms. The van der Waals surface area contributed by atoms with Crippen LogP contribution in [0, 0.1) is 63.0 Å². The standard InChI is InChI=1S/C42H57FO2/c1-26-14-20-42(25-29-9-7-8-28(22-29)23-31-24-30(27(2)44)10-12-34(31)43)21-15-33-32(38(26)42)11-13-36-40(33,5)18-16-35-39(3,4)37(45)17-19-41(35,36)6/h7-10,12,22,24,26,32-33,35-38,45H,11,13-21,23,25H2,1-6H3. The second-order valence-corrected chi connectivity index (χ2v) is 17.9. The number of aliphatic hydroxyl groups excluding tert-OH is 1. The van der Waals surface area contributed by atoms with Crippen LogP contribution < -0.4 is 0 Å². The summed E-state index contributed by atoms with van der Waals surface area (Å²) in [5.41, 5.74) is 4.89. The highest BCUT2D eigenvalue weighted by Crippen LogP contribution is 2.73. The fourth-order valence-corrected chi connectivity index (χ4v) is 13.5. The predicted molar refractivity (Wildman–Crippen MR) is 181 cm³/mol. The Labute approximate surface area is 272 Å². The van der Waals surface area contributed by atoms with E-state index in [0.29, 0.717) is 39.7 Å². The van der Waals surface area contributed by atoms with Gasteiger partial charge in [0.2, 0.25) is 0 Å². The van der Waals surface area contributed by atoms with E-state index in [1.165, 1.54) is 69.4 Å². The molecule has 0 aliphatic heterocycles. The highest BCUT2D eigenvalue weighted by Gasteiger charge is 2.66. The first-order valence-electron chi connectivity index (χ1n) is 18.3. The Morgan fingerprint density at radius 3 is 2.36 bits per heavy atom. The first kappa shape index (κ1) is 31.6. The molecule has 2 aromatic rings. The van der Waals surface area contributed by atoms with E-state index in [1.807, 2.05) is 0 Å². The minimum Gasteiger partial charge on any atom is -0.393 e. The van der Waals surface area contributed by atoms with Crippen molar-refractivity contribution in [1.82, 2.24) is 0 Å². The van der Waals surface area contributed by atoms with Crippen LogP contribution in [-0.4, -0.2) is 17.0 Å². The van der Waals surface area contributed by atoms with Crippen molar-refractivity contribution in [3.8, 4) is 0 Å². The summed E-state index contributed by atoms with van der Waals surface area (Å²) in [6.07, 6.45) is 14.5. The molecular formula is C42H57FO2. The van der Waals surface area contributed by atoms with Gasteiger partial charge >= 0.3 is 0 Å². The van der Waals surface area contributed by atoms with Crippen LogP contribution >= 0.6 is 0 Å². The summed E-state index contributed by atoms with van der Waals surface area (Å²) >= 11 is 0. The lowest BCUT2D eigenvalue weighted by Crippen LogP contribution is -2.63. The zero-order valence-corrected chi connectivity index (χ0v) is 28.8. The minimum atomic E-state index is -0.230. The Bertz CT molecular complexity index is 1460. The largest absolute Gasteiger partial charge is 0.393 e. The number of hydrogen-bond acceptors (Lipinski definition) is 2. The molecule has 5 fully saturated rings. The first-order valence-corrected chi connectivity index (χ1v) is 18.3. The van der Waals surface area contributed by atoms with E-state index in [4.69, 9.17) is 0 Å². The molecule has 10 atom stereocenters. The lowest BCUT2D eigenvalue weighted by molar-refractivity contribution is -0.216. The maximum Gasteiger partial charge on any atom is 0.159 e. The fourth-order valence-electron chi connectivity index (χ4n) is 13.5. The molecule has 45 heavy (non-hydrogen) atoms. The third-order valence-electron chi connectivity index (χ3n) is 15.5. The summed E-state index contributed by atoms with van der Waals surface area (Å²) in [4.78, 5) is 12.0. The number of carbonyl (C=O) groups is 1. The van der Waals surface area contributed by atoms with Crippen LogP contribution in [-0.2, 0) is 12.8 Å². The topological polar surface area (TPSA) is 37.3 Å². The number of ketones is 1. The Balaban J connectivity index is 1.13. The van der Waals surface area contributed by atoms with Gasteiger partial charge in [-0.1, -0.05) is 58.9 Å². The maximum absolute atomic E-state index is 14.8. The average molecular weight is 613 g/mol. The number of benzene rings is 2. The SMILES string of the molecule is CC(=O)c1ccc(F)c(Cc2cccc(CC34CCC(C)C3C3CCC5C(C)(CCC6C(C)(C)C(O)CCC65C)C3CC4)c2)c1. The van der Waals surface area contributed by atoms with Crippen LogP contribution in [0.5, 0.6) is 0 Å². The molecule has 2 nitrogen and oxygen atoms in total. The number of halogens is 1. The molecule has 10 unspecified atom stereocenters. The molecule has 0 saturated heterocycles. The number of carbonyl (C=O) groups excluding carboxylic acids is 1. The smallest absolute Gasteiger partial charge is 0.159 e. The van der Waals surface area contributed by atoms with Gasteiger partial charge in [-0.2, -0.15) is 0 Å². The number of Topliss-reactive ketones (excluding diaryl/α,β-unsaturated/α-hetero) is 1. The molecule has 2 aromatic carbocycles. The summed E-state index contributed by atoms with van der Waals surface area (Å²) in [5, 5.41) is 11.0. The van der Waals surface area contributed by atoms with Crippen molar-refractivity contribution in [1.29, 1.82) is 0 Å². The molecule has 3 heteroatoms. The molecule has 0 aromatic heterocycles. The van der Waals surface area contributed by atoms with Gasteiger partial charge in [-0.3, -0.25) is 4.79 Å². The van der Waals surface area contributed by atoms with Gasteiger partial charge < -0.3 is 5.11 Å². The zero-order chi connectivity index (χ0) is 31.9. The predicted octanol–water partition coefficient (Wildman–Crippen LogP) is 10.2. The van der Waals surface area contributed by atoms with E-state index < -0.39 is 0 Å². The van der Waals surface area contributed by atoms with Crippen LogP contribution in [0.15, 0.2) is 42.5 Å². The van der Waals surface area contributed by atoms with Crippen molar-refractivity contribution in [3.63, 3.8) is 0 Å². The van der Waals surface area contributed by atoms with Gasteiger partial charge in [-0.05, 0) is 170 Å². The van der Waals surface area contributed by atoms with Crippen molar-refractivity contribution >= 4 is 5.78 Å². The van der Waals surface area contributed by atoms with E-state index in [-0.39, 0.29) is 23.1 Å². The van der Waals surface area contributed by atoms with Crippen molar-refractivity contribution in [3.05, 3.63) is 70.5 Å². The van der Waals surface area contributed by atoms with Crippen LogP contribution in [0.3, 0.4) is 0 Å². The van der Waals surface area contributed by atoms with E-state index in [2.05, 4.69) is 58.9 Å². The monoisotopic (exact) mass is 612 g/mol. The normalized spacial score (nSPS) is 41.8. The highest BCUT2D eigenvalue weighted by atomic mass is 19.1. The summed E-state index contributed by atoms with van der Waals surface area (Å²) in [6.45, 7) is 14.2. The van der Waals surface area contributed by atoms with Gasteiger partial charge in [-0.15, -0.1) is 0 Å². The number of rotatable bonds is 5. The van der Waals surface area contributed by atoms with Gasteiger partial charge in [0.25, 0.3) is 0 Å². The summed E-state index contributed by atoms with van der Waals surface area (Å²) in [5.74, 6) is 4.37. The van der Waals surface area contributed by atoms with Crippen molar-refractivity contribution < 1.29 is 14.3 Å². The van der Waals surface area contributed by atoms with Gasteiger partial charge in [0.15, 0.2) is 5.78 Å². The average Bonchev–Trinajstić information content (AvgIpc) is 3.32. The molecule has 5 aliphatic rings. The van der Waals surface area contributed by atoms with Crippen LogP contribution in [0.1, 0.15) is 133 Å². The third-order valence-corrected chi connectivity index (χ3v) is 15.5. The minimum absolute atomic E-state index is 0.0173. The Morgan fingerprint density at radius 1 is 0.844 bits per heavy atom. The molecule has 1 N–H and O–H groups in total. The molecule has 5 aliphatic carbocycles. The second kappa shape index (κ2) is 11.0. The van der Waals surface area contributed by atoms with Crippen molar-refractivity contribution in [2.24, 2.45) is 57.2 Å². The van der Waals surface area contributed by atoms with Crippen molar-refractivity contribution in [2.45, 2.75) is 125 Å². The molecule has 0 bridgehead atoms. The molecule has 5 saturated carbocycles.